The van der Waals surface area contributed by atoms with E-state index in [4.69, 9.17) is 11.6 Å². The molecule has 1 aliphatic rings. The van der Waals surface area contributed by atoms with Crippen LogP contribution >= 0.6 is 11.6 Å². The van der Waals surface area contributed by atoms with Crippen molar-refractivity contribution in [2.75, 3.05) is 33.7 Å². The molecule has 110 valence electrons. The van der Waals surface area contributed by atoms with Gasteiger partial charge in [-0.2, -0.15) is 0 Å². The first-order valence-electron chi connectivity index (χ1n) is 6.35. The van der Waals surface area contributed by atoms with Gasteiger partial charge in [0.15, 0.2) is 0 Å². The van der Waals surface area contributed by atoms with Gasteiger partial charge in [-0.15, -0.1) is 0 Å². The molecule has 20 heavy (non-hydrogen) atoms. The molecule has 0 radical (unpaired) electrons. The lowest BCUT2D eigenvalue weighted by molar-refractivity contribution is 0.0236. The average molecular weight is 300 g/mol. The van der Waals surface area contributed by atoms with E-state index in [-0.39, 0.29) is 12.1 Å². The maximum absolute atomic E-state index is 12.3. The summed E-state index contributed by atoms with van der Waals surface area (Å²) in [5.41, 5.74) is -1.39. The number of aromatic nitrogens is 1. The number of nitrogens with one attached hydrogen (secondary N) is 1. The van der Waals surface area contributed by atoms with Crippen molar-refractivity contribution in [3.63, 3.8) is 0 Å². The Labute approximate surface area is 122 Å². The van der Waals surface area contributed by atoms with E-state index in [2.05, 4.69) is 4.98 Å². The van der Waals surface area contributed by atoms with Crippen LogP contribution in [0.5, 0.6) is 0 Å². The van der Waals surface area contributed by atoms with Crippen LogP contribution in [-0.4, -0.2) is 65.1 Å². The van der Waals surface area contributed by atoms with Crippen LogP contribution in [0.25, 0.3) is 0 Å². The Morgan fingerprint density at radius 2 is 2.30 bits per heavy atom. The molecule has 1 fully saturated rings. The number of nitrogens with zero attached hydrogens (tertiary/aromatic N) is 2. The van der Waals surface area contributed by atoms with Crippen LogP contribution in [0.2, 0.25) is 5.02 Å². The van der Waals surface area contributed by atoms with Crippen LogP contribution < -0.4 is 5.56 Å². The molecule has 1 aromatic rings. The van der Waals surface area contributed by atoms with Gasteiger partial charge in [-0.25, -0.2) is 0 Å². The summed E-state index contributed by atoms with van der Waals surface area (Å²) in [5.74, 6) is -0.400. The van der Waals surface area contributed by atoms with Gasteiger partial charge in [0.05, 0.1) is 17.2 Å². The smallest absolute Gasteiger partial charge is 0.260 e. The van der Waals surface area contributed by atoms with Gasteiger partial charge in [0.25, 0.3) is 11.5 Å². The lowest BCUT2D eigenvalue weighted by Crippen LogP contribution is -2.44. The molecule has 2 rings (SSSR count). The highest BCUT2D eigenvalue weighted by Gasteiger charge is 2.39. The van der Waals surface area contributed by atoms with Crippen LogP contribution in [0.15, 0.2) is 17.1 Å². The van der Waals surface area contributed by atoms with E-state index in [9.17, 15) is 14.7 Å². The molecule has 1 unspecified atom stereocenters. The highest BCUT2D eigenvalue weighted by molar-refractivity contribution is 6.30. The van der Waals surface area contributed by atoms with Crippen LogP contribution in [0.3, 0.4) is 0 Å². The van der Waals surface area contributed by atoms with E-state index < -0.39 is 17.1 Å². The fraction of sp³-hybridized carbons (Fsp3) is 0.538. The quantitative estimate of drug-likeness (QED) is 0.834. The second kappa shape index (κ2) is 5.55. The molecule has 6 nitrogen and oxygen atoms in total. The largest absolute Gasteiger partial charge is 0.387 e. The Morgan fingerprint density at radius 1 is 1.60 bits per heavy atom. The molecule has 1 aliphatic heterocycles. The number of hydrogen-bond acceptors (Lipinski definition) is 4. The molecule has 0 aromatic carbocycles. The summed E-state index contributed by atoms with van der Waals surface area (Å²) in [6, 6.07) is 1.35. The topological polar surface area (TPSA) is 76.6 Å². The lowest BCUT2D eigenvalue weighted by atomic mass is 10.0. The number of H-pyrrole nitrogens is 1. The molecule has 0 aliphatic carbocycles. The number of β-amino-alcohol motifs (C(OH)–C–C–N with tert-alkyl or cyclic N) is 1. The van der Waals surface area contributed by atoms with Crippen molar-refractivity contribution in [3.05, 3.63) is 33.2 Å². The maximum Gasteiger partial charge on any atom is 0.260 e. The highest BCUT2D eigenvalue weighted by Crippen LogP contribution is 2.23. The van der Waals surface area contributed by atoms with Crippen molar-refractivity contribution >= 4 is 17.5 Å². The van der Waals surface area contributed by atoms with E-state index >= 15 is 0 Å². The van der Waals surface area contributed by atoms with E-state index in [1.54, 1.807) is 0 Å². The summed E-state index contributed by atoms with van der Waals surface area (Å²) in [7, 11) is 3.73. The van der Waals surface area contributed by atoms with Gasteiger partial charge in [-0.05, 0) is 26.6 Å². The normalized spacial score (nSPS) is 22.6. The second-order valence-electron chi connectivity index (χ2n) is 5.50. The summed E-state index contributed by atoms with van der Waals surface area (Å²) < 4.78 is 0. The number of pyridine rings is 1. The minimum atomic E-state index is -0.926. The van der Waals surface area contributed by atoms with Crippen LogP contribution in [0.4, 0.5) is 0 Å². The van der Waals surface area contributed by atoms with Gasteiger partial charge in [0.1, 0.15) is 5.56 Å². The first-order chi connectivity index (χ1) is 9.31. The van der Waals surface area contributed by atoms with Crippen molar-refractivity contribution in [3.8, 4) is 0 Å². The maximum atomic E-state index is 12.3. The van der Waals surface area contributed by atoms with Crippen molar-refractivity contribution in [1.29, 1.82) is 0 Å². The summed E-state index contributed by atoms with van der Waals surface area (Å²) in [6.45, 7) is 1.12. The molecular weight excluding hydrogens is 282 g/mol. The standard InChI is InChI=1S/C13H18ClN3O3/c1-16(2)7-13(20)3-4-17(8-13)12(19)10-5-9(14)6-15-11(10)18/h5-6,20H,3-4,7-8H2,1-2H3,(H,15,18). The summed E-state index contributed by atoms with van der Waals surface area (Å²) in [6.07, 6.45) is 1.84. The molecule has 7 heteroatoms. The molecular formula is C13H18ClN3O3. The van der Waals surface area contributed by atoms with E-state index in [1.807, 2.05) is 19.0 Å². The average Bonchev–Trinajstić information content (AvgIpc) is 2.72. The monoisotopic (exact) mass is 299 g/mol. The molecule has 0 spiro atoms. The molecule has 1 saturated heterocycles. The summed E-state index contributed by atoms with van der Waals surface area (Å²) in [4.78, 5) is 29.8. The number of halogens is 1. The van der Waals surface area contributed by atoms with Crippen molar-refractivity contribution in [2.45, 2.75) is 12.0 Å². The van der Waals surface area contributed by atoms with Gasteiger partial charge in [0, 0.05) is 19.3 Å². The number of aliphatic hydroxyl groups is 1. The van der Waals surface area contributed by atoms with Crippen LogP contribution in [-0.2, 0) is 0 Å². The fourth-order valence-corrected chi connectivity index (χ4v) is 2.70. The van der Waals surface area contributed by atoms with E-state index in [0.29, 0.717) is 24.5 Å². The zero-order valence-corrected chi connectivity index (χ0v) is 12.3. The Balaban J connectivity index is 2.16. The number of rotatable bonds is 3. The third-order valence-electron chi connectivity index (χ3n) is 3.33. The third-order valence-corrected chi connectivity index (χ3v) is 3.55. The molecule has 1 atom stereocenters. The number of hydrogen-bond donors (Lipinski definition) is 2. The molecule has 1 aromatic heterocycles. The Hall–Kier alpha value is -1.37. The van der Waals surface area contributed by atoms with Crippen LogP contribution in [0.1, 0.15) is 16.8 Å². The van der Waals surface area contributed by atoms with Gasteiger partial charge in [-0.1, -0.05) is 11.6 Å². The minimum absolute atomic E-state index is 0.00611. The molecule has 2 heterocycles. The predicted octanol–water partition coefficient (Wildman–Crippen LogP) is 0.167. The zero-order chi connectivity index (χ0) is 14.9. The van der Waals surface area contributed by atoms with Crippen LogP contribution in [0, 0.1) is 0 Å². The van der Waals surface area contributed by atoms with Gasteiger partial charge in [-0.3, -0.25) is 9.59 Å². The SMILES string of the molecule is CN(C)CC1(O)CCN(C(=O)c2cc(Cl)c[nH]c2=O)C1. The van der Waals surface area contributed by atoms with Crippen molar-refractivity contribution < 1.29 is 9.90 Å². The van der Waals surface area contributed by atoms with Crippen molar-refractivity contribution in [1.82, 2.24) is 14.8 Å². The zero-order valence-electron chi connectivity index (χ0n) is 11.5. The molecule has 1 amide bonds. The first kappa shape index (κ1) is 15.0. The third kappa shape index (κ3) is 3.20. The molecule has 2 N–H and O–H groups in total. The Kier molecular flexibility index (Phi) is 4.17. The Bertz CT molecular complexity index is 572. The number of carbonyl (C=O) groups is 1. The number of amides is 1. The number of carbonyl (C=O) groups excluding carboxylic acids is 1. The second-order valence-corrected chi connectivity index (χ2v) is 5.94. The lowest BCUT2D eigenvalue weighted by Gasteiger charge is -2.26. The number of likely N-dealkylation sites (tertiary alicyclic amines) is 1. The first-order valence-corrected chi connectivity index (χ1v) is 6.73. The predicted molar refractivity (Wildman–Crippen MR) is 76.1 cm³/mol. The van der Waals surface area contributed by atoms with Gasteiger partial charge >= 0.3 is 0 Å². The van der Waals surface area contributed by atoms with Gasteiger partial charge in [0.2, 0.25) is 0 Å². The number of aromatic amines is 1. The molecule has 0 saturated carbocycles. The molecule has 0 bridgehead atoms. The summed E-state index contributed by atoms with van der Waals surface area (Å²) in [5, 5.41) is 10.7. The van der Waals surface area contributed by atoms with E-state index in [1.165, 1.54) is 17.2 Å². The Morgan fingerprint density at radius 3 is 2.95 bits per heavy atom. The summed E-state index contributed by atoms with van der Waals surface area (Å²) >= 11 is 5.80. The van der Waals surface area contributed by atoms with Gasteiger partial charge < -0.3 is 19.9 Å². The number of likely N-dealkylation sites (N-methyl/N-ethyl adjacent to an activating group) is 1. The highest BCUT2D eigenvalue weighted by atomic mass is 35.5. The fourth-order valence-electron chi connectivity index (χ4n) is 2.53. The minimum Gasteiger partial charge on any atom is -0.387 e. The van der Waals surface area contributed by atoms with Crippen molar-refractivity contribution in [2.24, 2.45) is 0 Å². The van der Waals surface area contributed by atoms with E-state index in [0.717, 1.165) is 0 Å².